The van der Waals surface area contributed by atoms with Gasteiger partial charge in [0.2, 0.25) is 12.4 Å². The van der Waals surface area contributed by atoms with E-state index in [1.54, 1.807) is 38.5 Å². The van der Waals surface area contributed by atoms with Gasteiger partial charge in [-0.15, -0.1) is 0 Å². The molecule has 2 aliphatic heterocycles. The fourth-order valence-electron chi connectivity index (χ4n) is 5.74. The Morgan fingerprint density at radius 3 is 2.36 bits per heavy atom. The molecular formula is C34H33NO9. The Morgan fingerprint density at radius 1 is 0.818 bits per heavy atom. The van der Waals surface area contributed by atoms with E-state index in [1.165, 1.54) is 7.11 Å². The molecule has 0 unspecified atom stereocenters. The molecule has 2 saturated heterocycles. The van der Waals surface area contributed by atoms with Crippen LogP contribution in [-0.4, -0.2) is 63.6 Å². The van der Waals surface area contributed by atoms with Crippen LogP contribution in [-0.2, 0) is 18.9 Å². The molecule has 1 N–H and O–H groups in total. The topological polar surface area (TPSA) is 111 Å². The van der Waals surface area contributed by atoms with Gasteiger partial charge in [-0.25, -0.2) is 4.79 Å². The quantitative estimate of drug-likeness (QED) is 0.236. The van der Waals surface area contributed by atoms with E-state index in [-0.39, 0.29) is 5.91 Å². The van der Waals surface area contributed by atoms with Crippen LogP contribution in [0.5, 0.6) is 17.2 Å². The maximum Gasteiger partial charge on any atom is 0.509 e. The molecule has 0 aliphatic carbocycles. The van der Waals surface area contributed by atoms with Crippen molar-refractivity contribution in [2.24, 2.45) is 0 Å². The Kier molecular flexibility index (Phi) is 7.79. The van der Waals surface area contributed by atoms with Gasteiger partial charge in [0.05, 0.1) is 19.8 Å². The van der Waals surface area contributed by atoms with Gasteiger partial charge in [-0.2, -0.15) is 0 Å². The summed E-state index contributed by atoms with van der Waals surface area (Å²) in [4.78, 5) is 25.2. The second-order valence-corrected chi connectivity index (χ2v) is 11.1. The van der Waals surface area contributed by atoms with E-state index < -0.39 is 36.4 Å². The van der Waals surface area contributed by atoms with E-state index in [0.29, 0.717) is 28.5 Å². The Labute approximate surface area is 254 Å². The van der Waals surface area contributed by atoms with Gasteiger partial charge >= 0.3 is 6.16 Å². The number of hydrogen-bond donors (Lipinski definition) is 1. The average molecular weight is 600 g/mol. The van der Waals surface area contributed by atoms with Crippen LogP contribution in [0, 0.1) is 0 Å². The fraction of sp³-hybridized carbons (Fsp3) is 0.294. The van der Waals surface area contributed by atoms with Gasteiger partial charge < -0.3 is 38.5 Å². The van der Waals surface area contributed by atoms with Crippen molar-refractivity contribution in [2.75, 3.05) is 26.6 Å². The minimum Gasteiger partial charge on any atom is -0.497 e. The molecule has 0 spiro atoms. The zero-order valence-corrected chi connectivity index (χ0v) is 25.0. The number of amides is 1. The van der Waals surface area contributed by atoms with Crippen molar-refractivity contribution in [2.45, 2.75) is 44.1 Å². The fourth-order valence-corrected chi connectivity index (χ4v) is 5.74. The standard InChI is InChI=1S/C34H33NO9/c1-34(2)30(40-5)28-29(43-33(37)42-28)32(44-34)41-25-13-10-19-15-23(12-9-20(19)16-25)35-31(36)22-11-14-27(39-4)26(18-22)21-7-6-8-24(17-21)38-3/h6-18,28-30,32H,1-5H3,(H,35,36)/t28-,29+,30+,32+/m0/s1. The summed E-state index contributed by atoms with van der Waals surface area (Å²) in [6, 6.07) is 24.0. The van der Waals surface area contributed by atoms with Crippen LogP contribution < -0.4 is 19.5 Å². The summed E-state index contributed by atoms with van der Waals surface area (Å²) in [5.41, 5.74) is 1.97. The minimum absolute atomic E-state index is 0.259. The van der Waals surface area contributed by atoms with E-state index in [1.807, 2.05) is 68.4 Å². The maximum absolute atomic E-state index is 13.3. The molecule has 2 heterocycles. The van der Waals surface area contributed by atoms with Crippen molar-refractivity contribution in [3.8, 4) is 28.4 Å². The summed E-state index contributed by atoms with van der Waals surface area (Å²) in [5, 5.41) is 4.76. The lowest BCUT2D eigenvalue weighted by molar-refractivity contribution is -0.282. The molecule has 4 aromatic carbocycles. The monoisotopic (exact) mass is 599 g/mol. The highest BCUT2D eigenvalue weighted by molar-refractivity contribution is 6.06. The first kappa shape index (κ1) is 29.3. The van der Waals surface area contributed by atoms with E-state index in [4.69, 9.17) is 33.2 Å². The lowest BCUT2D eigenvalue weighted by atomic mass is 9.89. The summed E-state index contributed by atoms with van der Waals surface area (Å²) < 4.78 is 39.5. The van der Waals surface area contributed by atoms with Crippen molar-refractivity contribution in [1.82, 2.24) is 0 Å². The van der Waals surface area contributed by atoms with Crippen molar-refractivity contribution < 1.29 is 42.7 Å². The van der Waals surface area contributed by atoms with E-state index in [0.717, 1.165) is 21.9 Å². The summed E-state index contributed by atoms with van der Waals surface area (Å²) in [5.74, 6) is 1.62. The smallest absolute Gasteiger partial charge is 0.497 e. The van der Waals surface area contributed by atoms with Crippen LogP contribution in [0.1, 0.15) is 24.2 Å². The van der Waals surface area contributed by atoms with Crippen molar-refractivity contribution in [1.29, 1.82) is 0 Å². The van der Waals surface area contributed by atoms with Gasteiger partial charge in [0.15, 0.2) is 6.10 Å². The number of benzene rings is 4. The lowest BCUT2D eigenvalue weighted by Crippen LogP contribution is -2.62. The molecule has 1 amide bonds. The summed E-state index contributed by atoms with van der Waals surface area (Å²) in [6.45, 7) is 3.70. The zero-order valence-electron chi connectivity index (χ0n) is 25.0. The largest absolute Gasteiger partial charge is 0.509 e. The third kappa shape index (κ3) is 5.61. The van der Waals surface area contributed by atoms with Crippen LogP contribution in [0.4, 0.5) is 10.5 Å². The van der Waals surface area contributed by atoms with Gasteiger partial charge in [0.1, 0.15) is 23.4 Å². The first-order chi connectivity index (χ1) is 21.2. The number of fused-ring (bicyclic) bond motifs is 2. The van der Waals surface area contributed by atoms with Gasteiger partial charge in [0, 0.05) is 23.9 Å². The third-order valence-corrected chi connectivity index (χ3v) is 7.88. The Hall–Kier alpha value is -4.80. The predicted octanol–water partition coefficient (Wildman–Crippen LogP) is 6.21. The summed E-state index contributed by atoms with van der Waals surface area (Å²) >= 11 is 0. The highest BCUT2D eigenvalue weighted by atomic mass is 16.8. The van der Waals surface area contributed by atoms with Gasteiger partial charge in [-0.3, -0.25) is 4.79 Å². The number of ether oxygens (including phenoxy) is 7. The van der Waals surface area contributed by atoms with Crippen LogP contribution >= 0.6 is 0 Å². The summed E-state index contributed by atoms with van der Waals surface area (Å²) in [7, 11) is 4.74. The van der Waals surface area contributed by atoms with Crippen molar-refractivity contribution in [3.05, 3.63) is 84.4 Å². The van der Waals surface area contributed by atoms with Crippen molar-refractivity contribution in [3.63, 3.8) is 0 Å². The number of hydrogen-bond acceptors (Lipinski definition) is 9. The Bertz CT molecular complexity index is 1720. The molecule has 0 saturated carbocycles. The molecule has 0 bridgehead atoms. The number of rotatable bonds is 8. The first-order valence-electron chi connectivity index (χ1n) is 14.1. The molecule has 0 radical (unpaired) electrons. The minimum atomic E-state index is -0.893. The van der Waals surface area contributed by atoms with Gasteiger partial charge in [0.25, 0.3) is 5.91 Å². The highest BCUT2D eigenvalue weighted by Crippen LogP contribution is 2.39. The molecule has 228 valence electrons. The predicted molar refractivity (Wildman–Crippen MR) is 162 cm³/mol. The lowest BCUT2D eigenvalue weighted by Gasteiger charge is -2.45. The number of nitrogens with one attached hydrogen (secondary N) is 1. The van der Waals surface area contributed by atoms with E-state index in [2.05, 4.69) is 5.32 Å². The molecule has 0 aromatic heterocycles. The van der Waals surface area contributed by atoms with Crippen LogP contribution in [0.25, 0.3) is 21.9 Å². The molecule has 2 aliphatic rings. The van der Waals surface area contributed by atoms with Crippen molar-refractivity contribution >= 4 is 28.5 Å². The zero-order chi connectivity index (χ0) is 31.0. The first-order valence-corrected chi connectivity index (χ1v) is 14.1. The molecule has 6 rings (SSSR count). The molecule has 10 heteroatoms. The van der Waals surface area contributed by atoms with E-state index in [9.17, 15) is 9.59 Å². The number of carbonyl (C=O) groups excluding carboxylic acids is 2. The number of carbonyl (C=O) groups is 2. The summed E-state index contributed by atoms with van der Waals surface area (Å²) in [6.07, 6.45) is -3.64. The second-order valence-electron chi connectivity index (χ2n) is 11.1. The molecule has 4 atom stereocenters. The van der Waals surface area contributed by atoms with Crippen LogP contribution in [0.3, 0.4) is 0 Å². The molecule has 2 fully saturated rings. The Balaban J connectivity index is 1.19. The van der Waals surface area contributed by atoms with Crippen LogP contribution in [0.15, 0.2) is 78.9 Å². The Morgan fingerprint density at radius 2 is 1.59 bits per heavy atom. The number of anilines is 1. The highest BCUT2D eigenvalue weighted by Gasteiger charge is 2.58. The van der Waals surface area contributed by atoms with Gasteiger partial charge in [-0.05, 0) is 84.8 Å². The molecular weight excluding hydrogens is 566 g/mol. The van der Waals surface area contributed by atoms with Crippen LogP contribution in [0.2, 0.25) is 0 Å². The molecule has 4 aromatic rings. The molecule has 10 nitrogen and oxygen atoms in total. The van der Waals surface area contributed by atoms with Gasteiger partial charge in [-0.1, -0.05) is 24.3 Å². The molecule has 44 heavy (non-hydrogen) atoms. The number of methoxy groups -OCH3 is 3. The maximum atomic E-state index is 13.3. The third-order valence-electron chi connectivity index (χ3n) is 7.88. The van der Waals surface area contributed by atoms with E-state index >= 15 is 0 Å². The SMILES string of the molecule is COc1cccc(-c2cc(C(=O)Nc3ccc4cc(O[C@@H]5OC(C)(C)[C@H](OC)[C@H]6OC(=O)O[C@@H]56)ccc4c3)ccc2OC)c1. The normalized spacial score (nSPS) is 22.0. The second kappa shape index (κ2) is 11.7. The average Bonchev–Trinajstić information content (AvgIpc) is 3.41.